The number of benzene rings is 4. The maximum Gasteiger partial charge on any atom is 0.166 e. The Morgan fingerprint density at radius 3 is 0.839 bits per heavy atom. The Balaban J connectivity index is 1.58. The zero-order chi connectivity index (χ0) is 40.1. The van der Waals surface area contributed by atoms with Crippen molar-refractivity contribution in [2.24, 2.45) is 0 Å². The van der Waals surface area contributed by atoms with Crippen LogP contribution in [-0.2, 0) is 0 Å². The van der Waals surface area contributed by atoms with E-state index in [-0.39, 0.29) is 171 Å². The van der Waals surface area contributed by atoms with Crippen LogP contribution in [0.4, 0.5) is 0 Å². The summed E-state index contributed by atoms with van der Waals surface area (Å²) in [6.07, 6.45) is 0. The lowest BCUT2D eigenvalue weighted by atomic mass is 10.1. The van der Waals surface area contributed by atoms with E-state index in [4.69, 9.17) is 216 Å². The smallest absolute Gasteiger partial charge is 0.166 e. The number of nitrogens with zero attached hydrogens (tertiary/aromatic N) is 6. The van der Waals surface area contributed by atoms with Gasteiger partial charge in [-0.05, 0) is 0 Å². The molecule has 282 valence electrons. The molecule has 0 unspecified atom stereocenters. The summed E-state index contributed by atoms with van der Waals surface area (Å²) < 4.78 is 0. The number of halogens is 16. The Morgan fingerprint density at radius 2 is 0.482 bits per heavy atom. The van der Waals surface area contributed by atoms with Crippen LogP contribution in [0, 0.1) is 0 Å². The van der Waals surface area contributed by atoms with Crippen LogP contribution >= 0.6 is 186 Å². The highest BCUT2D eigenvalue weighted by Crippen LogP contribution is 2.56. The van der Waals surface area contributed by atoms with E-state index in [1.807, 2.05) is 0 Å². The van der Waals surface area contributed by atoms with Crippen LogP contribution in [0.15, 0.2) is 0 Å². The van der Waals surface area contributed by atoms with Gasteiger partial charge in [-0.1, -0.05) is 186 Å². The fourth-order valence-electron chi connectivity index (χ4n) is 6.24. The van der Waals surface area contributed by atoms with Gasteiger partial charge in [-0.15, -0.1) is 0 Å². The molecule has 8 bridgehead atoms. The van der Waals surface area contributed by atoms with Crippen molar-refractivity contribution in [3.05, 3.63) is 80.4 Å². The van der Waals surface area contributed by atoms with Crippen LogP contribution in [0.2, 0.25) is 80.4 Å². The van der Waals surface area contributed by atoms with Crippen LogP contribution in [0.5, 0.6) is 0 Å². The molecule has 0 aliphatic carbocycles. The second-order valence-corrected chi connectivity index (χ2v) is 17.7. The first-order chi connectivity index (χ1) is 26.4. The fraction of sp³-hybridized carbons (Fsp3) is 0. The molecule has 0 spiro atoms. The minimum atomic E-state index is -0.0904. The van der Waals surface area contributed by atoms with E-state index in [1.165, 1.54) is 0 Å². The maximum absolute atomic E-state index is 6.85. The molecule has 5 heterocycles. The van der Waals surface area contributed by atoms with E-state index in [0.29, 0.717) is 0 Å². The topological polar surface area (TPSA) is 109 Å². The zero-order valence-electron chi connectivity index (χ0n) is 25.7. The number of aromatic nitrogens is 8. The van der Waals surface area contributed by atoms with Crippen LogP contribution in [-0.4, -0.2) is 39.9 Å². The summed E-state index contributed by atoms with van der Waals surface area (Å²) in [5.41, 5.74) is 0.980. The molecule has 6 aromatic rings. The van der Waals surface area contributed by atoms with Crippen molar-refractivity contribution in [1.29, 1.82) is 0 Å². The molecule has 9 rings (SSSR count). The molecule has 2 N–H and O–H groups in total. The molecule has 24 heteroatoms. The Labute approximate surface area is 392 Å². The highest BCUT2D eigenvalue weighted by molar-refractivity contribution is 6.58. The number of rotatable bonds is 0. The normalized spacial score (nSPS) is 12.3. The van der Waals surface area contributed by atoms with Gasteiger partial charge in [-0.25, -0.2) is 29.9 Å². The fourth-order valence-corrected chi connectivity index (χ4v) is 10.3. The van der Waals surface area contributed by atoms with Crippen LogP contribution in [0.25, 0.3) is 90.4 Å². The molecule has 2 aromatic heterocycles. The molecule has 0 fully saturated rings. The molecule has 0 saturated carbocycles. The molecule has 0 radical (unpaired) electrons. The lowest BCUT2D eigenvalue weighted by Gasteiger charge is -2.11. The van der Waals surface area contributed by atoms with E-state index in [2.05, 4.69) is 9.97 Å². The predicted molar refractivity (Wildman–Crippen MR) is 234 cm³/mol. The first kappa shape index (κ1) is 40.3. The van der Waals surface area contributed by atoms with Crippen molar-refractivity contribution < 1.29 is 0 Å². The molecule has 4 aromatic carbocycles. The van der Waals surface area contributed by atoms with Crippen molar-refractivity contribution in [3.8, 4) is 68.3 Å². The average Bonchev–Trinajstić information content (AvgIpc) is 3.92. The molecule has 0 atom stereocenters. The number of aromatic amines is 2. The lowest BCUT2D eigenvalue weighted by Crippen LogP contribution is -1.91. The predicted octanol–water partition coefficient (Wildman–Crippen LogP) is 17.2. The number of H-pyrrole nitrogens is 2. The SMILES string of the molecule is Clc1c(Cl)c(Cl)c2c(c1Cl)-c1nc-2nc2[nH]c(nc3nc([nH]c4nc(n1)-c1c(Cl)c(Cl)c(Cl)c(Cl)c1-4)-c1c(Cl)c(Cl)c(Cl)c(Cl)c1-3)c1c(Cl)c(Cl)c(Cl)c(Cl)c21. The molecule has 3 aliphatic rings. The second kappa shape index (κ2) is 14.2. The highest BCUT2D eigenvalue weighted by atomic mass is 35.5. The Kier molecular flexibility index (Phi) is 10.2. The van der Waals surface area contributed by atoms with Crippen molar-refractivity contribution >= 4 is 208 Å². The molecule has 8 nitrogen and oxygen atoms in total. The van der Waals surface area contributed by atoms with Crippen LogP contribution < -0.4 is 0 Å². The van der Waals surface area contributed by atoms with Gasteiger partial charge in [0.05, 0.1) is 125 Å². The van der Waals surface area contributed by atoms with E-state index in [0.717, 1.165) is 0 Å². The maximum atomic E-state index is 6.85. The summed E-state index contributed by atoms with van der Waals surface area (Å²) in [6.45, 7) is 0. The lowest BCUT2D eigenvalue weighted by molar-refractivity contribution is 1.15. The monoisotopic (exact) mass is 1060 g/mol. The molecular weight excluding hydrogens is 1060 g/mol. The summed E-state index contributed by atoms with van der Waals surface area (Å²) in [7, 11) is 0. The van der Waals surface area contributed by atoms with E-state index >= 15 is 0 Å². The third-order valence-electron chi connectivity index (χ3n) is 8.68. The van der Waals surface area contributed by atoms with Gasteiger partial charge >= 0.3 is 0 Å². The van der Waals surface area contributed by atoms with Crippen molar-refractivity contribution in [1.82, 2.24) is 39.9 Å². The Morgan fingerprint density at radius 1 is 0.232 bits per heavy atom. The first-order valence-electron chi connectivity index (χ1n) is 14.7. The Bertz CT molecular complexity index is 2920. The number of hydrogen-bond acceptors (Lipinski definition) is 6. The third kappa shape index (κ3) is 5.64. The van der Waals surface area contributed by atoms with Gasteiger partial charge in [0.15, 0.2) is 23.3 Å². The number of nitrogens with one attached hydrogen (secondary N) is 2. The molecule has 56 heavy (non-hydrogen) atoms. The third-order valence-corrected chi connectivity index (χ3v) is 15.9. The minimum absolute atomic E-state index is 0.0235. The van der Waals surface area contributed by atoms with Gasteiger partial charge in [0.1, 0.15) is 22.9 Å². The highest BCUT2D eigenvalue weighted by Gasteiger charge is 2.35. The first-order valence-corrected chi connectivity index (χ1v) is 20.8. The quantitative estimate of drug-likeness (QED) is 0.116. The van der Waals surface area contributed by atoms with Crippen LogP contribution in [0.1, 0.15) is 0 Å². The summed E-state index contributed by atoms with van der Waals surface area (Å²) >= 11 is 107. The summed E-state index contributed by atoms with van der Waals surface area (Å²) in [5, 5.41) is -0.719. The van der Waals surface area contributed by atoms with Crippen molar-refractivity contribution in [3.63, 3.8) is 0 Å². The van der Waals surface area contributed by atoms with Crippen molar-refractivity contribution in [2.45, 2.75) is 0 Å². The molecule has 0 saturated heterocycles. The van der Waals surface area contributed by atoms with E-state index in [1.54, 1.807) is 0 Å². The molecule has 3 aliphatic heterocycles. The summed E-state index contributed by atoms with van der Waals surface area (Å²) in [6, 6.07) is 0. The van der Waals surface area contributed by atoms with E-state index in [9.17, 15) is 0 Å². The van der Waals surface area contributed by atoms with E-state index < -0.39 is 0 Å². The zero-order valence-corrected chi connectivity index (χ0v) is 37.8. The summed E-state index contributed by atoms with van der Waals surface area (Å²) in [4.78, 5) is 34.9. The molecule has 0 amide bonds. The van der Waals surface area contributed by atoms with Crippen molar-refractivity contribution in [2.75, 3.05) is 0 Å². The minimum Gasteiger partial charge on any atom is -0.324 e. The second-order valence-electron chi connectivity index (χ2n) is 11.6. The Hall–Kier alpha value is -1.12. The summed E-state index contributed by atoms with van der Waals surface area (Å²) in [5.74, 6) is -0.216. The molecular formula is C32H2Cl16N8. The van der Waals surface area contributed by atoms with Crippen LogP contribution in [0.3, 0.4) is 0 Å². The number of hydrogen-bond donors (Lipinski definition) is 2. The average molecular weight is 1070 g/mol. The van der Waals surface area contributed by atoms with Gasteiger partial charge < -0.3 is 9.97 Å². The van der Waals surface area contributed by atoms with Gasteiger partial charge in [0, 0.05) is 0 Å². The van der Waals surface area contributed by atoms with Gasteiger partial charge in [-0.2, -0.15) is 0 Å². The van der Waals surface area contributed by atoms with Gasteiger partial charge in [0.2, 0.25) is 0 Å². The largest absolute Gasteiger partial charge is 0.324 e. The van der Waals surface area contributed by atoms with Gasteiger partial charge in [-0.3, -0.25) is 0 Å². The standard InChI is InChI=1S/C32H2Cl16N8/c33-9-1-2(10(34)18(42)17(9)41)26-49-25(1)53-27-3-4(12(36)20(44)19(43)11(3)35)29(50-27)55-31-7-8(16(40)24(48)23(47)15(7)39)32(52-31)56-30-6-5(28(51-30)54-26)13(37)21(45)22(46)14(6)38/h(H2,49,50,51,52,53,54,55,56). The van der Waals surface area contributed by atoms with Gasteiger partial charge in [0.25, 0.3) is 0 Å². The number of fused-ring (bicyclic) bond motifs is 20.